The molecule has 0 saturated heterocycles. The lowest BCUT2D eigenvalue weighted by atomic mass is 10.0. The standard InChI is InChI=1S/C24H20F2N4O4S/c1-5-34-23(33)20-12(2)21(28-13(20)3)22(32)15(10-27)8-17-11-35-24(29-17)30(14(4)31)19-7-6-16(25)9-18(19)26/h6-9,11,28H,5H2,1-4H3/b15-8+. The summed E-state index contributed by atoms with van der Waals surface area (Å²) in [5, 5.41) is 11.2. The summed E-state index contributed by atoms with van der Waals surface area (Å²) in [5.41, 5.74) is 0.773. The summed E-state index contributed by atoms with van der Waals surface area (Å²) in [6.45, 7) is 6.21. The Hall–Kier alpha value is -4.17. The minimum absolute atomic E-state index is 0.0625. The van der Waals surface area contributed by atoms with Crippen LogP contribution in [0.4, 0.5) is 19.6 Å². The number of hydrogen-bond donors (Lipinski definition) is 1. The number of ether oxygens (including phenoxy) is 1. The number of carbonyl (C=O) groups is 3. The first-order chi connectivity index (χ1) is 16.6. The fourth-order valence-electron chi connectivity index (χ4n) is 3.43. The molecule has 2 aromatic heterocycles. The van der Waals surface area contributed by atoms with Crippen molar-refractivity contribution >= 4 is 45.9 Å². The number of allylic oxidation sites excluding steroid dienone is 1. The van der Waals surface area contributed by atoms with Crippen molar-refractivity contribution in [1.82, 2.24) is 9.97 Å². The van der Waals surface area contributed by atoms with E-state index >= 15 is 0 Å². The molecular weight excluding hydrogens is 478 g/mol. The van der Waals surface area contributed by atoms with E-state index in [4.69, 9.17) is 4.74 Å². The van der Waals surface area contributed by atoms with Gasteiger partial charge in [-0.05, 0) is 44.5 Å². The van der Waals surface area contributed by atoms with Crippen LogP contribution < -0.4 is 4.90 Å². The Bertz CT molecular complexity index is 1400. The molecule has 1 N–H and O–H groups in total. The fraction of sp³-hybridized carbons (Fsp3) is 0.208. The third kappa shape index (κ3) is 5.17. The SMILES string of the molecule is CCOC(=O)c1c(C)[nH]c(C(=O)/C(C#N)=C/c2csc(N(C(C)=O)c3ccc(F)cc3F)n2)c1C. The number of carbonyl (C=O) groups excluding carboxylic acids is 3. The number of aryl methyl sites for hydroxylation is 1. The second-order valence-electron chi connectivity index (χ2n) is 7.35. The molecule has 3 rings (SSSR count). The topological polar surface area (TPSA) is 116 Å². The van der Waals surface area contributed by atoms with Gasteiger partial charge in [-0.25, -0.2) is 18.6 Å². The number of benzene rings is 1. The molecule has 0 aliphatic heterocycles. The number of thiazole rings is 1. The van der Waals surface area contributed by atoms with E-state index in [1.807, 2.05) is 6.07 Å². The number of aromatic amines is 1. The quantitative estimate of drug-likeness (QED) is 0.212. The predicted octanol–water partition coefficient (Wildman–Crippen LogP) is 5.02. The predicted molar refractivity (Wildman–Crippen MR) is 125 cm³/mol. The van der Waals surface area contributed by atoms with E-state index in [-0.39, 0.29) is 40.0 Å². The molecule has 8 nitrogen and oxygen atoms in total. The van der Waals surface area contributed by atoms with Gasteiger partial charge in [0.15, 0.2) is 5.13 Å². The molecule has 0 radical (unpaired) electrons. The van der Waals surface area contributed by atoms with Crippen LogP contribution in [0.2, 0.25) is 0 Å². The highest BCUT2D eigenvalue weighted by molar-refractivity contribution is 7.14. The molecule has 35 heavy (non-hydrogen) atoms. The van der Waals surface area contributed by atoms with Crippen molar-refractivity contribution in [2.24, 2.45) is 0 Å². The fourth-order valence-corrected chi connectivity index (χ4v) is 4.27. The number of H-pyrrole nitrogens is 1. The molecule has 0 unspecified atom stereocenters. The molecule has 11 heteroatoms. The van der Waals surface area contributed by atoms with Crippen molar-refractivity contribution in [1.29, 1.82) is 5.26 Å². The number of nitrogens with one attached hydrogen (secondary N) is 1. The average molecular weight is 499 g/mol. The van der Waals surface area contributed by atoms with Gasteiger partial charge in [-0.2, -0.15) is 5.26 Å². The highest BCUT2D eigenvalue weighted by atomic mass is 32.1. The van der Waals surface area contributed by atoms with Gasteiger partial charge < -0.3 is 9.72 Å². The van der Waals surface area contributed by atoms with E-state index in [0.717, 1.165) is 28.4 Å². The van der Waals surface area contributed by atoms with Crippen molar-refractivity contribution in [3.8, 4) is 6.07 Å². The van der Waals surface area contributed by atoms with Crippen LogP contribution in [0, 0.1) is 36.8 Å². The summed E-state index contributed by atoms with van der Waals surface area (Å²) in [6.07, 6.45) is 1.22. The molecular formula is C24H20F2N4O4S. The minimum atomic E-state index is -0.949. The number of anilines is 2. The molecule has 0 fully saturated rings. The zero-order chi connectivity index (χ0) is 25.9. The highest BCUT2D eigenvalue weighted by Gasteiger charge is 2.26. The summed E-state index contributed by atoms with van der Waals surface area (Å²) in [4.78, 5) is 45.5. The Morgan fingerprint density at radius 1 is 1.29 bits per heavy atom. The smallest absolute Gasteiger partial charge is 0.340 e. The molecule has 1 amide bonds. The van der Waals surface area contributed by atoms with Crippen LogP contribution in [0.3, 0.4) is 0 Å². The largest absolute Gasteiger partial charge is 0.462 e. The highest BCUT2D eigenvalue weighted by Crippen LogP contribution is 2.32. The first kappa shape index (κ1) is 25.5. The number of Topliss-reactive ketones (excluding diaryl/α,β-unsaturated/α-hetero) is 1. The lowest BCUT2D eigenvalue weighted by Gasteiger charge is -2.18. The van der Waals surface area contributed by atoms with Gasteiger partial charge in [-0.3, -0.25) is 14.5 Å². The summed E-state index contributed by atoms with van der Waals surface area (Å²) >= 11 is 0.972. The van der Waals surface area contributed by atoms with E-state index in [1.165, 1.54) is 18.4 Å². The van der Waals surface area contributed by atoms with E-state index in [9.17, 15) is 28.4 Å². The molecule has 3 aromatic rings. The lowest BCUT2D eigenvalue weighted by molar-refractivity contribution is -0.115. The number of ketones is 1. The number of esters is 1. The number of rotatable bonds is 7. The van der Waals surface area contributed by atoms with Crippen LogP contribution in [0.5, 0.6) is 0 Å². The van der Waals surface area contributed by atoms with Crippen molar-refractivity contribution in [3.63, 3.8) is 0 Å². The number of amides is 1. The molecule has 0 aliphatic rings. The average Bonchev–Trinajstić information content (AvgIpc) is 3.36. The van der Waals surface area contributed by atoms with Crippen molar-refractivity contribution in [2.45, 2.75) is 27.7 Å². The van der Waals surface area contributed by atoms with Crippen molar-refractivity contribution in [3.05, 3.63) is 69.0 Å². The minimum Gasteiger partial charge on any atom is -0.462 e. The number of nitrogens with zero attached hydrogens (tertiary/aromatic N) is 3. The monoisotopic (exact) mass is 498 g/mol. The van der Waals surface area contributed by atoms with Crippen LogP contribution in [-0.2, 0) is 9.53 Å². The maximum Gasteiger partial charge on any atom is 0.340 e. The molecule has 0 bridgehead atoms. The maximum atomic E-state index is 14.3. The molecule has 0 spiro atoms. The van der Waals surface area contributed by atoms with Crippen LogP contribution >= 0.6 is 11.3 Å². The van der Waals surface area contributed by atoms with E-state index < -0.39 is 29.3 Å². The molecule has 0 saturated carbocycles. The van der Waals surface area contributed by atoms with Crippen molar-refractivity contribution in [2.75, 3.05) is 11.5 Å². The first-order valence-corrected chi connectivity index (χ1v) is 11.2. The normalized spacial score (nSPS) is 11.2. The maximum absolute atomic E-state index is 14.3. The summed E-state index contributed by atoms with van der Waals surface area (Å²) < 4.78 is 32.6. The van der Waals surface area contributed by atoms with Gasteiger partial charge in [0, 0.05) is 24.1 Å². The number of hydrogen-bond acceptors (Lipinski definition) is 7. The Morgan fingerprint density at radius 2 is 2.00 bits per heavy atom. The number of aromatic nitrogens is 2. The third-order valence-corrected chi connectivity index (χ3v) is 5.81. The number of nitriles is 1. The van der Waals surface area contributed by atoms with Crippen LogP contribution in [0.25, 0.3) is 6.08 Å². The summed E-state index contributed by atoms with van der Waals surface area (Å²) in [5.74, 6) is -3.56. The first-order valence-electron chi connectivity index (χ1n) is 10.3. The molecule has 1 aromatic carbocycles. The summed E-state index contributed by atoms with van der Waals surface area (Å²) in [7, 11) is 0. The second-order valence-corrected chi connectivity index (χ2v) is 8.19. The van der Waals surface area contributed by atoms with Gasteiger partial charge in [0.2, 0.25) is 11.7 Å². The van der Waals surface area contributed by atoms with Crippen LogP contribution in [-0.4, -0.2) is 34.2 Å². The van der Waals surface area contributed by atoms with Gasteiger partial charge in [0.05, 0.1) is 29.2 Å². The Labute approximate surface area is 203 Å². The van der Waals surface area contributed by atoms with Crippen LogP contribution in [0.15, 0.2) is 29.2 Å². The second kappa shape index (κ2) is 10.4. The van der Waals surface area contributed by atoms with Gasteiger partial charge in [-0.1, -0.05) is 0 Å². The molecule has 2 heterocycles. The molecule has 0 atom stereocenters. The Morgan fingerprint density at radius 3 is 2.60 bits per heavy atom. The van der Waals surface area contributed by atoms with Crippen molar-refractivity contribution < 1.29 is 27.9 Å². The van der Waals surface area contributed by atoms with Gasteiger partial charge in [-0.15, -0.1) is 11.3 Å². The summed E-state index contributed by atoms with van der Waals surface area (Å²) in [6, 6.07) is 4.61. The van der Waals surface area contributed by atoms with E-state index in [0.29, 0.717) is 17.3 Å². The molecule has 0 aliphatic carbocycles. The third-order valence-electron chi connectivity index (χ3n) is 4.97. The van der Waals surface area contributed by atoms with E-state index in [2.05, 4.69) is 9.97 Å². The zero-order valence-corrected chi connectivity index (χ0v) is 20.0. The Balaban J connectivity index is 1.97. The zero-order valence-electron chi connectivity index (χ0n) is 19.2. The van der Waals surface area contributed by atoms with Crippen LogP contribution in [0.1, 0.15) is 51.6 Å². The van der Waals surface area contributed by atoms with Gasteiger partial charge in [0.1, 0.15) is 23.3 Å². The molecule has 180 valence electrons. The van der Waals surface area contributed by atoms with E-state index in [1.54, 1.807) is 20.8 Å². The lowest BCUT2D eigenvalue weighted by Crippen LogP contribution is -2.23. The van der Waals surface area contributed by atoms with Gasteiger partial charge in [0.25, 0.3) is 0 Å². The Kier molecular flexibility index (Phi) is 7.56. The number of halogens is 2. The van der Waals surface area contributed by atoms with Gasteiger partial charge >= 0.3 is 5.97 Å².